The van der Waals surface area contributed by atoms with E-state index in [0.29, 0.717) is 5.99 Å². The van der Waals surface area contributed by atoms with E-state index in [1.807, 2.05) is 36.6 Å². The lowest BCUT2D eigenvalue weighted by molar-refractivity contribution is 0.692. The second kappa shape index (κ2) is 5.96. The Labute approximate surface area is 102 Å². The Kier molecular flexibility index (Phi) is 4.89. The van der Waals surface area contributed by atoms with Crippen LogP contribution in [0.25, 0.3) is 0 Å². The molecule has 0 radical (unpaired) electrons. The van der Waals surface area contributed by atoms with Crippen molar-refractivity contribution in [3.05, 3.63) is 29.3 Å². The van der Waals surface area contributed by atoms with E-state index in [2.05, 4.69) is 19.1 Å². The number of aryl methyl sites for hydroxylation is 1. The van der Waals surface area contributed by atoms with Gasteiger partial charge < -0.3 is 10.8 Å². The first-order valence-corrected chi connectivity index (χ1v) is 6.15. The summed E-state index contributed by atoms with van der Waals surface area (Å²) in [5.41, 5.74) is 6.31. The molecular formula is C11H18BN3S. The highest BCUT2D eigenvalue weighted by atomic mass is 32.2. The summed E-state index contributed by atoms with van der Waals surface area (Å²) in [6.07, 6.45) is 1.39. The number of hydrogen-bond acceptors (Lipinski definition) is 4. The molecule has 0 aliphatic carbocycles. The maximum Gasteiger partial charge on any atom is 0.226 e. The molecule has 86 valence electrons. The average Bonchev–Trinajstić information content (AvgIpc) is 2.16. The van der Waals surface area contributed by atoms with Crippen LogP contribution in [-0.4, -0.2) is 23.7 Å². The molecule has 0 spiro atoms. The van der Waals surface area contributed by atoms with Crippen molar-refractivity contribution in [3.8, 4) is 0 Å². The number of rotatable bonds is 5. The van der Waals surface area contributed by atoms with Gasteiger partial charge in [0, 0.05) is 18.8 Å². The summed E-state index contributed by atoms with van der Waals surface area (Å²) in [7, 11) is 1.99. The van der Waals surface area contributed by atoms with Crippen LogP contribution in [0.5, 0.6) is 0 Å². The van der Waals surface area contributed by atoms with E-state index in [0.717, 1.165) is 16.8 Å². The van der Waals surface area contributed by atoms with Gasteiger partial charge in [-0.2, -0.15) is 4.41 Å². The standard InChI is InChI=1S/C11H18BN3S/c1-9-6-5-7-11(10(9)8-13)14-15(4)16-12(2)3/h5-8,13-14H,1-4H3. The van der Waals surface area contributed by atoms with Crippen LogP contribution in [0.2, 0.25) is 13.6 Å². The van der Waals surface area contributed by atoms with Crippen LogP contribution in [0.3, 0.4) is 0 Å². The van der Waals surface area contributed by atoms with Gasteiger partial charge >= 0.3 is 0 Å². The van der Waals surface area contributed by atoms with Crippen molar-refractivity contribution in [1.82, 2.24) is 4.41 Å². The first-order chi connectivity index (χ1) is 7.54. The molecule has 0 aliphatic rings. The van der Waals surface area contributed by atoms with Crippen LogP contribution in [0.1, 0.15) is 11.1 Å². The zero-order valence-electron chi connectivity index (χ0n) is 10.2. The second-order valence-electron chi connectivity index (χ2n) is 3.94. The molecular weight excluding hydrogens is 217 g/mol. The van der Waals surface area contributed by atoms with Crippen LogP contribution in [-0.2, 0) is 0 Å². The van der Waals surface area contributed by atoms with Gasteiger partial charge in [0.2, 0.25) is 5.99 Å². The molecule has 0 unspecified atom stereocenters. The summed E-state index contributed by atoms with van der Waals surface area (Å²) in [6.45, 7) is 6.31. The Hall–Kier alpha value is -0.935. The van der Waals surface area contributed by atoms with Gasteiger partial charge in [-0.3, -0.25) is 0 Å². The third-order valence-corrected chi connectivity index (χ3v) is 2.94. The summed E-state index contributed by atoms with van der Waals surface area (Å²) in [5, 5.41) is 7.42. The van der Waals surface area contributed by atoms with Crippen molar-refractivity contribution in [1.29, 1.82) is 5.41 Å². The topological polar surface area (TPSA) is 39.1 Å². The highest BCUT2D eigenvalue weighted by Crippen LogP contribution is 2.20. The zero-order valence-corrected chi connectivity index (χ0v) is 11.1. The Balaban J connectivity index is 2.80. The second-order valence-corrected chi connectivity index (χ2v) is 5.65. The van der Waals surface area contributed by atoms with Gasteiger partial charge in [-0.15, -0.1) is 11.8 Å². The quantitative estimate of drug-likeness (QED) is 0.356. The molecule has 0 fully saturated rings. The van der Waals surface area contributed by atoms with Crippen molar-refractivity contribution in [3.63, 3.8) is 0 Å². The first kappa shape index (κ1) is 13.1. The summed E-state index contributed by atoms with van der Waals surface area (Å²) in [5.74, 6) is 0.533. The van der Waals surface area contributed by atoms with Gasteiger partial charge in [0.05, 0.1) is 5.69 Å². The Morgan fingerprint density at radius 2 is 2.12 bits per heavy atom. The molecule has 0 aliphatic heterocycles. The SMILES string of the molecule is CB(C)SN(C)Nc1cccc(C)c1C=N. The Morgan fingerprint density at radius 1 is 1.44 bits per heavy atom. The molecule has 0 bridgehead atoms. The summed E-state index contributed by atoms with van der Waals surface area (Å²) in [6, 6.07) is 6.00. The summed E-state index contributed by atoms with van der Waals surface area (Å²) >= 11 is 1.72. The lowest BCUT2D eigenvalue weighted by Gasteiger charge is -2.21. The van der Waals surface area contributed by atoms with Gasteiger partial charge in [-0.05, 0) is 18.6 Å². The fourth-order valence-corrected chi connectivity index (χ4v) is 2.27. The van der Waals surface area contributed by atoms with E-state index in [9.17, 15) is 0 Å². The molecule has 0 atom stereocenters. The van der Waals surface area contributed by atoms with E-state index in [4.69, 9.17) is 5.41 Å². The molecule has 5 heteroatoms. The number of hydrogen-bond donors (Lipinski definition) is 2. The van der Waals surface area contributed by atoms with Crippen LogP contribution in [0, 0.1) is 12.3 Å². The summed E-state index contributed by atoms with van der Waals surface area (Å²) < 4.78 is 1.98. The van der Waals surface area contributed by atoms with E-state index < -0.39 is 0 Å². The van der Waals surface area contributed by atoms with E-state index in [1.54, 1.807) is 11.8 Å². The molecule has 3 nitrogen and oxygen atoms in total. The fourth-order valence-electron chi connectivity index (χ4n) is 1.48. The van der Waals surface area contributed by atoms with E-state index in [1.165, 1.54) is 6.21 Å². The van der Waals surface area contributed by atoms with Gasteiger partial charge in [-0.1, -0.05) is 25.8 Å². The highest BCUT2D eigenvalue weighted by Gasteiger charge is 2.08. The lowest BCUT2D eigenvalue weighted by atomic mass is 9.84. The lowest BCUT2D eigenvalue weighted by Crippen LogP contribution is -2.22. The van der Waals surface area contributed by atoms with Crippen LogP contribution in [0.4, 0.5) is 5.69 Å². The van der Waals surface area contributed by atoms with Crippen LogP contribution in [0.15, 0.2) is 18.2 Å². The maximum absolute atomic E-state index is 7.42. The van der Waals surface area contributed by atoms with Crippen molar-refractivity contribution < 1.29 is 0 Å². The Morgan fingerprint density at radius 3 is 2.69 bits per heavy atom. The molecule has 16 heavy (non-hydrogen) atoms. The third kappa shape index (κ3) is 3.57. The Bertz CT molecular complexity index is 368. The fraction of sp³-hybridized carbons (Fsp3) is 0.364. The average molecular weight is 235 g/mol. The summed E-state index contributed by atoms with van der Waals surface area (Å²) in [4.78, 5) is 0. The molecule has 0 saturated carbocycles. The molecule has 1 rings (SSSR count). The van der Waals surface area contributed by atoms with Crippen molar-refractivity contribution in [2.45, 2.75) is 20.6 Å². The monoisotopic (exact) mass is 235 g/mol. The maximum atomic E-state index is 7.42. The predicted octanol–water partition coefficient (Wildman–Crippen LogP) is 3.15. The van der Waals surface area contributed by atoms with Crippen LogP contribution < -0.4 is 5.43 Å². The van der Waals surface area contributed by atoms with Gasteiger partial charge in [0.25, 0.3) is 0 Å². The highest BCUT2D eigenvalue weighted by molar-refractivity contribution is 8.23. The van der Waals surface area contributed by atoms with E-state index in [-0.39, 0.29) is 0 Å². The molecule has 0 aromatic heterocycles. The van der Waals surface area contributed by atoms with Crippen LogP contribution >= 0.6 is 11.8 Å². The zero-order chi connectivity index (χ0) is 12.1. The number of nitrogens with zero attached hydrogens (tertiary/aromatic N) is 1. The molecule has 0 saturated heterocycles. The first-order valence-electron chi connectivity index (χ1n) is 5.32. The van der Waals surface area contributed by atoms with Crippen molar-refractivity contribution >= 4 is 29.7 Å². The number of benzene rings is 1. The third-order valence-electron chi connectivity index (χ3n) is 2.12. The van der Waals surface area contributed by atoms with Gasteiger partial charge in [0.15, 0.2) is 0 Å². The molecule has 0 heterocycles. The molecule has 1 aromatic carbocycles. The molecule has 2 N–H and O–H groups in total. The minimum atomic E-state index is 0.533. The number of nitrogens with one attached hydrogen (secondary N) is 2. The van der Waals surface area contributed by atoms with Gasteiger partial charge in [0.1, 0.15) is 0 Å². The number of anilines is 1. The normalized spacial score (nSPS) is 10.3. The smallest absolute Gasteiger partial charge is 0.226 e. The number of hydrazine groups is 1. The van der Waals surface area contributed by atoms with Crippen molar-refractivity contribution in [2.75, 3.05) is 12.5 Å². The van der Waals surface area contributed by atoms with Gasteiger partial charge in [-0.25, -0.2) is 0 Å². The minimum Gasteiger partial charge on any atom is -0.310 e. The van der Waals surface area contributed by atoms with E-state index >= 15 is 0 Å². The molecule has 1 aromatic rings. The largest absolute Gasteiger partial charge is 0.310 e. The minimum absolute atomic E-state index is 0.533. The predicted molar refractivity (Wildman–Crippen MR) is 75.5 cm³/mol. The van der Waals surface area contributed by atoms with Crippen molar-refractivity contribution in [2.24, 2.45) is 0 Å². The molecule has 0 amide bonds.